The SMILES string of the molecule is O=C(NC1CCCC1n1ccnc1)c1cnc(-c2ccccc2)nc1. The van der Waals surface area contributed by atoms with Crippen molar-refractivity contribution in [2.24, 2.45) is 0 Å². The molecule has 2 atom stereocenters. The van der Waals surface area contributed by atoms with Crippen LogP contribution in [0.4, 0.5) is 0 Å². The van der Waals surface area contributed by atoms with Gasteiger partial charge in [0.05, 0.1) is 17.9 Å². The number of rotatable bonds is 4. The quantitative estimate of drug-likeness (QED) is 0.797. The van der Waals surface area contributed by atoms with Crippen LogP contribution in [0.1, 0.15) is 35.7 Å². The highest BCUT2D eigenvalue weighted by Crippen LogP contribution is 2.30. The summed E-state index contributed by atoms with van der Waals surface area (Å²) >= 11 is 0. The molecule has 0 spiro atoms. The summed E-state index contributed by atoms with van der Waals surface area (Å²) in [6, 6.07) is 10.1. The van der Waals surface area contributed by atoms with E-state index in [1.54, 1.807) is 18.6 Å². The molecule has 0 aliphatic heterocycles. The van der Waals surface area contributed by atoms with E-state index in [1.807, 2.05) is 42.9 Å². The molecular formula is C19H19N5O. The fraction of sp³-hybridized carbons (Fsp3) is 0.263. The summed E-state index contributed by atoms with van der Waals surface area (Å²) in [6.07, 6.45) is 11.8. The number of nitrogens with one attached hydrogen (secondary N) is 1. The Labute approximate surface area is 146 Å². The van der Waals surface area contributed by atoms with E-state index in [1.165, 1.54) is 0 Å². The Bertz CT molecular complexity index is 830. The Kier molecular flexibility index (Phi) is 4.24. The number of carbonyl (C=O) groups excluding carboxylic acids is 1. The highest BCUT2D eigenvalue weighted by Gasteiger charge is 2.30. The first-order valence-electron chi connectivity index (χ1n) is 8.47. The average Bonchev–Trinajstić information content (AvgIpc) is 3.34. The first-order chi connectivity index (χ1) is 12.3. The summed E-state index contributed by atoms with van der Waals surface area (Å²) in [7, 11) is 0. The third-order valence-corrected chi connectivity index (χ3v) is 4.65. The zero-order valence-corrected chi connectivity index (χ0v) is 13.7. The number of hydrogen-bond acceptors (Lipinski definition) is 4. The van der Waals surface area contributed by atoms with Gasteiger partial charge >= 0.3 is 0 Å². The lowest BCUT2D eigenvalue weighted by atomic mass is 10.1. The molecule has 2 heterocycles. The summed E-state index contributed by atoms with van der Waals surface area (Å²) in [5.74, 6) is 0.492. The predicted octanol–water partition coefficient (Wildman–Crippen LogP) is 2.86. The fourth-order valence-electron chi connectivity index (χ4n) is 3.36. The summed E-state index contributed by atoms with van der Waals surface area (Å²) in [5.41, 5.74) is 1.42. The molecule has 1 aliphatic carbocycles. The van der Waals surface area contributed by atoms with Crippen molar-refractivity contribution in [3.63, 3.8) is 0 Å². The minimum atomic E-state index is -0.128. The van der Waals surface area contributed by atoms with Gasteiger partial charge in [-0.25, -0.2) is 15.0 Å². The lowest BCUT2D eigenvalue weighted by Crippen LogP contribution is -2.38. The van der Waals surface area contributed by atoms with Crippen LogP contribution in [0.25, 0.3) is 11.4 Å². The third-order valence-electron chi connectivity index (χ3n) is 4.65. The van der Waals surface area contributed by atoms with Crippen molar-refractivity contribution in [1.29, 1.82) is 0 Å². The maximum Gasteiger partial charge on any atom is 0.254 e. The number of carbonyl (C=O) groups is 1. The van der Waals surface area contributed by atoms with Gasteiger partial charge in [0.15, 0.2) is 5.82 Å². The van der Waals surface area contributed by atoms with Crippen LogP contribution in [-0.2, 0) is 0 Å². The molecule has 2 unspecified atom stereocenters. The van der Waals surface area contributed by atoms with Crippen LogP contribution in [-0.4, -0.2) is 31.5 Å². The molecule has 2 aromatic heterocycles. The first kappa shape index (κ1) is 15.5. The molecule has 25 heavy (non-hydrogen) atoms. The van der Waals surface area contributed by atoms with Crippen LogP contribution in [0, 0.1) is 0 Å². The van der Waals surface area contributed by atoms with Gasteiger partial charge in [0.1, 0.15) is 0 Å². The van der Waals surface area contributed by atoms with E-state index in [2.05, 4.69) is 24.8 Å². The van der Waals surface area contributed by atoms with E-state index in [9.17, 15) is 4.79 Å². The van der Waals surface area contributed by atoms with Crippen molar-refractivity contribution in [3.05, 3.63) is 67.0 Å². The Balaban J connectivity index is 1.46. The molecule has 0 saturated heterocycles. The standard InChI is InChI=1S/C19H19N5O/c25-19(23-16-7-4-8-17(16)24-10-9-20-13-24)15-11-21-18(22-12-15)14-5-2-1-3-6-14/h1-3,5-6,9-13,16-17H,4,7-8H2,(H,23,25). The zero-order chi connectivity index (χ0) is 17.1. The van der Waals surface area contributed by atoms with Crippen LogP contribution in [0.15, 0.2) is 61.4 Å². The molecule has 6 heteroatoms. The third kappa shape index (κ3) is 3.28. The van der Waals surface area contributed by atoms with E-state index in [0.29, 0.717) is 11.4 Å². The van der Waals surface area contributed by atoms with Crippen molar-refractivity contribution in [2.75, 3.05) is 0 Å². The largest absolute Gasteiger partial charge is 0.347 e. The van der Waals surface area contributed by atoms with E-state index in [-0.39, 0.29) is 18.0 Å². The Morgan fingerprint density at radius 2 is 1.92 bits per heavy atom. The highest BCUT2D eigenvalue weighted by molar-refractivity contribution is 5.94. The summed E-state index contributed by atoms with van der Waals surface area (Å²) in [5, 5.41) is 3.13. The van der Waals surface area contributed by atoms with Crippen molar-refractivity contribution >= 4 is 5.91 Å². The molecule has 1 fully saturated rings. The molecular weight excluding hydrogens is 314 g/mol. The predicted molar refractivity (Wildman–Crippen MR) is 93.8 cm³/mol. The lowest BCUT2D eigenvalue weighted by Gasteiger charge is -2.22. The fourth-order valence-corrected chi connectivity index (χ4v) is 3.36. The second kappa shape index (κ2) is 6.84. The van der Waals surface area contributed by atoms with Gasteiger partial charge in [-0.05, 0) is 19.3 Å². The summed E-state index contributed by atoms with van der Waals surface area (Å²) < 4.78 is 2.08. The Morgan fingerprint density at radius 1 is 1.12 bits per heavy atom. The monoisotopic (exact) mass is 333 g/mol. The molecule has 1 aromatic carbocycles. The molecule has 1 aliphatic rings. The van der Waals surface area contributed by atoms with Crippen molar-refractivity contribution in [2.45, 2.75) is 31.3 Å². The van der Waals surface area contributed by atoms with Crippen molar-refractivity contribution in [3.8, 4) is 11.4 Å². The van der Waals surface area contributed by atoms with Crippen LogP contribution < -0.4 is 5.32 Å². The molecule has 0 bridgehead atoms. The number of benzene rings is 1. The number of hydrogen-bond donors (Lipinski definition) is 1. The van der Waals surface area contributed by atoms with Gasteiger partial charge in [0.2, 0.25) is 0 Å². The molecule has 1 saturated carbocycles. The van der Waals surface area contributed by atoms with Crippen LogP contribution in [0.3, 0.4) is 0 Å². The van der Waals surface area contributed by atoms with E-state index < -0.39 is 0 Å². The van der Waals surface area contributed by atoms with Crippen LogP contribution >= 0.6 is 0 Å². The average molecular weight is 333 g/mol. The number of imidazole rings is 1. The normalized spacial score (nSPS) is 19.7. The second-order valence-electron chi connectivity index (χ2n) is 6.25. The number of amides is 1. The Hall–Kier alpha value is -3.02. The maximum absolute atomic E-state index is 12.5. The molecule has 0 radical (unpaired) electrons. The summed E-state index contributed by atoms with van der Waals surface area (Å²) in [4.78, 5) is 25.3. The van der Waals surface area contributed by atoms with Crippen molar-refractivity contribution < 1.29 is 4.79 Å². The van der Waals surface area contributed by atoms with Gasteiger partial charge in [0.25, 0.3) is 5.91 Å². The van der Waals surface area contributed by atoms with Gasteiger partial charge in [-0.1, -0.05) is 30.3 Å². The van der Waals surface area contributed by atoms with Gasteiger partial charge in [-0.2, -0.15) is 0 Å². The topological polar surface area (TPSA) is 72.7 Å². The summed E-state index contributed by atoms with van der Waals surface area (Å²) in [6.45, 7) is 0. The van der Waals surface area contributed by atoms with E-state index in [4.69, 9.17) is 0 Å². The molecule has 4 rings (SSSR count). The van der Waals surface area contributed by atoms with Crippen molar-refractivity contribution in [1.82, 2.24) is 24.8 Å². The van der Waals surface area contributed by atoms with Gasteiger partial charge in [-0.15, -0.1) is 0 Å². The molecule has 1 amide bonds. The van der Waals surface area contributed by atoms with Gasteiger partial charge < -0.3 is 9.88 Å². The second-order valence-corrected chi connectivity index (χ2v) is 6.25. The molecule has 1 N–H and O–H groups in total. The van der Waals surface area contributed by atoms with E-state index in [0.717, 1.165) is 24.8 Å². The van der Waals surface area contributed by atoms with Crippen LogP contribution in [0.2, 0.25) is 0 Å². The lowest BCUT2D eigenvalue weighted by molar-refractivity contribution is 0.0928. The number of aromatic nitrogens is 4. The molecule has 3 aromatic rings. The Morgan fingerprint density at radius 3 is 2.64 bits per heavy atom. The van der Waals surface area contributed by atoms with E-state index >= 15 is 0 Å². The van der Waals surface area contributed by atoms with Gasteiger partial charge in [-0.3, -0.25) is 4.79 Å². The highest BCUT2D eigenvalue weighted by atomic mass is 16.1. The van der Waals surface area contributed by atoms with Crippen LogP contribution in [0.5, 0.6) is 0 Å². The zero-order valence-electron chi connectivity index (χ0n) is 13.7. The number of nitrogens with zero attached hydrogens (tertiary/aromatic N) is 4. The molecule has 6 nitrogen and oxygen atoms in total. The maximum atomic E-state index is 12.5. The minimum absolute atomic E-state index is 0.107. The smallest absolute Gasteiger partial charge is 0.254 e. The minimum Gasteiger partial charge on any atom is -0.347 e. The molecule has 126 valence electrons. The van der Waals surface area contributed by atoms with Gasteiger partial charge in [0, 0.05) is 36.4 Å². The first-order valence-corrected chi connectivity index (χ1v) is 8.47.